The Morgan fingerprint density at radius 2 is 2.18 bits per heavy atom. The fraction of sp³-hybridized carbons (Fsp3) is 0.467. The molecule has 1 aromatic rings. The molecule has 1 N–H and O–H groups in total. The summed E-state index contributed by atoms with van der Waals surface area (Å²) in [5.41, 5.74) is 2.04. The third kappa shape index (κ3) is 3.01. The van der Waals surface area contributed by atoms with Crippen LogP contribution in [0.4, 0.5) is 5.69 Å². The molecule has 0 bridgehead atoms. The van der Waals surface area contributed by atoms with E-state index in [-0.39, 0.29) is 0 Å². The summed E-state index contributed by atoms with van der Waals surface area (Å²) >= 11 is 0. The number of hydrogen-bond donors (Lipinski definition) is 1. The van der Waals surface area contributed by atoms with E-state index in [4.69, 9.17) is 6.42 Å². The molecule has 0 aliphatic heterocycles. The number of anilines is 1. The molecule has 1 aliphatic carbocycles. The van der Waals surface area contributed by atoms with Crippen molar-refractivity contribution in [2.24, 2.45) is 5.92 Å². The Hall–Kier alpha value is -1.46. The highest BCUT2D eigenvalue weighted by Gasteiger charge is 2.25. The summed E-state index contributed by atoms with van der Waals surface area (Å²) in [7, 11) is 0. The van der Waals surface area contributed by atoms with Gasteiger partial charge in [0.25, 0.3) is 0 Å². The second-order valence-corrected chi connectivity index (χ2v) is 4.76. The minimum Gasteiger partial charge on any atom is -0.389 e. The Morgan fingerprint density at radius 1 is 1.47 bits per heavy atom. The number of terminal acetylenes is 1. The summed E-state index contributed by atoms with van der Waals surface area (Å²) in [6.07, 6.45) is 7.59. The van der Waals surface area contributed by atoms with E-state index in [1.807, 2.05) is 24.3 Å². The van der Waals surface area contributed by atoms with Crippen molar-refractivity contribution in [3.8, 4) is 12.3 Å². The van der Waals surface area contributed by atoms with Crippen LogP contribution in [0.5, 0.6) is 0 Å². The molecule has 2 nitrogen and oxygen atoms in total. The van der Waals surface area contributed by atoms with E-state index in [0.717, 1.165) is 23.7 Å². The maximum atomic E-state index is 9.79. The molecule has 2 heteroatoms. The van der Waals surface area contributed by atoms with E-state index in [1.165, 1.54) is 12.8 Å². The van der Waals surface area contributed by atoms with Crippen LogP contribution in [0.15, 0.2) is 24.3 Å². The standard InChI is InChI=1S/C15H19NO/c1-3-10-16(11-13-8-9-13)15-7-5-4-6-14(15)12(2)17/h1,4-7,12-13,17H,8-11H2,2H3/t12-/m1/s1. The van der Waals surface area contributed by atoms with Gasteiger partial charge in [-0.25, -0.2) is 0 Å². The van der Waals surface area contributed by atoms with Crippen molar-refractivity contribution in [1.29, 1.82) is 0 Å². The summed E-state index contributed by atoms with van der Waals surface area (Å²) in [6, 6.07) is 7.96. The van der Waals surface area contributed by atoms with Gasteiger partial charge in [0.05, 0.1) is 12.6 Å². The Labute approximate surface area is 103 Å². The highest BCUT2D eigenvalue weighted by Crippen LogP contribution is 2.33. The normalized spacial score (nSPS) is 16.3. The molecular formula is C15H19NO. The molecule has 1 atom stereocenters. The van der Waals surface area contributed by atoms with Gasteiger partial charge < -0.3 is 10.0 Å². The maximum absolute atomic E-state index is 9.79. The van der Waals surface area contributed by atoms with Crippen molar-refractivity contribution >= 4 is 5.69 Å². The van der Waals surface area contributed by atoms with Crippen LogP contribution < -0.4 is 4.90 Å². The fourth-order valence-electron chi connectivity index (χ4n) is 2.10. The Morgan fingerprint density at radius 3 is 2.76 bits per heavy atom. The summed E-state index contributed by atoms with van der Waals surface area (Å²) in [4.78, 5) is 2.21. The number of para-hydroxylation sites is 1. The van der Waals surface area contributed by atoms with E-state index >= 15 is 0 Å². The molecule has 2 rings (SSSR count). The van der Waals surface area contributed by atoms with Crippen LogP contribution in [0.1, 0.15) is 31.4 Å². The van der Waals surface area contributed by atoms with E-state index in [0.29, 0.717) is 6.54 Å². The van der Waals surface area contributed by atoms with E-state index in [2.05, 4.69) is 10.8 Å². The Kier molecular flexibility index (Phi) is 3.71. The lowest BCUT2D eigenvalue weighted by Crippen LogP contribution is -2.27. The number of benzene rings is 1. The summed E-state index contributed by atoms with van der Waals surface area (Å²) in [5, 5.41) is 9.79. The molecule has 17 heavy (non-hydrogen) atoms. The topological polar surface area (TPSA) is 23.5 Å². The molecule has 0 heterocycles. The molecule has 0 aromatic heterocycles. The number of aliphatic hydroxyl groups excluding tert-OH is 1. The van der Waals surface area contributed by atoms with Gasteiger partial charge >= 0.3 is 0 Å². The van der Waals surface area contributed by atoms with Gasteiger partial charge in [0.2, 0.25) is 0 Å². The summed E-state index contributed by atoms with van der Waals surface area (Å²) in [5.74, 6) is 3.49. The Bertz CT molecular complexity index is 415. The predicted octanol–water partition coefficient (Wildman–Crippen LogP) is 2.59. The predicted molar refractivity (Wildman–Crippen MR) is 70.8 cm³/mol. The lowest BCUT2D eigenvalue weighted by atomic mass is 10.1. The van der Waals surface area contributed by atoms with Crippen molar-refractivity contribution in [3.63, 3.8) is 0 Å². The van der Waals surface area contributed by atoms with E-state index in [9.17, 15) is 5.11 Å². The van der Waals surface area contributed by atoms with Crippen molar-refractivity contribution in [2.45, 2.75) is 25.9 Å². The molecule has 1 saturated carbocycles. The molecule has 0 unspecified atom stereocenters. The van der Waals surface area contributed by atoms with Crippen LogP contribution in [0.25, 0.3) is 0 Å². The minimum absolute atomic E-state index is 0.453. The first kappa shape index (κ1) is 12.0. The first-order valence-electron chi connectivity index (χ1n) is 6.17. The molecule has 1 aromatic carbocycles. The molecule has 0 spiro atoms. The molecule has 90 valence electrons. The third-order valence-corrected chi connectivity index (χ3v) is 3.19. The second kappa shape index (κ2) is 5.25. The van der Waals surface area contributed by atoms with E-state index < -0.39 is 6.10 Å². The van der Waals surface area contributed by atoms with Crippen LogP contribution in [0.2, 0.25) is 0 Å². The van der Waals surface area contributed by atoms with Gasteiger partial charge in [-0.05, 0) is 31.7 Å². The van der Waals surface area contributed by atoms with Gasteiger partial charge in [-0.1, -0.05) is 24.1 Å². The minimum atomic E-state index is -0.453. The number of rotatable bonds is 5. The highest BCUT2D eigenvalue weighted by molar-refractivity contribution is 5.55. The van der Waals surface area contributed by atoms with Crippen LogP contribution >= 0.6 is 0 Å². The lowest BCUT2D eigenvalue weighted by molar-refractivity contribution is 0.199. The quantitative estimate of drug-likeness (QED) is 0.784. The molecule has 0 radical (unpaired) electrons. The summed E-state index contributed by atoms with van der Waals surface area (Å²) < 4.78 is 0. The molecule has 0 saturated heterocycles. The van der Waals surface area contributed by atoms with Gasteiger partial charge in [0, 0.05) is 17.8 Å². The van der Waals surface area contributed by atoms with Crippen molar-refractivity contribution in [2.75, 3.05) is 18.0 Å². The van der Waals surface area contributed by atoms with Crippen molar-refractivity contribution < 1.29 is 5.11 Å². The lowest BCUT2D eigenvalue weighted by Gasteiger charge is -2.26. The number of hydrogen-bond acceptors (Lipinski definition) is 2. The Balaban J connectivity index is 2.24. The van der Waals surface area contributed by atoms with Crippen LogP contribution in [-0.2, 0) is 0 Å². The van der Waals surface area contributed by atoms with Gasteiger partial charge in [0.15, 0.2) is 0 Å². The van der Waals surface area contributed by atoms with Crippen molar-refractivity contribution in [3.05, 3.63) is 29.8 Å². The average molecular weight is 229 g/mol. The monoisotopic (exact) mass is 229 g/mol. The molecule has 0 amide bonds. The highest BCUT2D eigenvalue weighted by atomic mass is 16.3. The first-order chi connectivity index (χ1) is 8.22. The molecule has 1 aliphatic rings. The zero-order chi connectivity index (χ0) is 12.3. The van der Waals surface area contributed by atoms with Crippen molar-refractivity contribution in [1.82, 2.24) is 0 Å². The van der Waals surface area contributed by atoms with Gasteiger partial charge in [-0.15, -0.1) is 6.42 Å². The largest absolute Gasteiger partial charge is 0.389 e. The number of aliphatic hydroxyl groups is 1. The zero-order valence-electron chi connectivity index (χ0n) is 10.3. The van der Waals surface area contributed by atoms with Gasteiger partial charge in [-0.3, -0.25) is 0 Å². The van der Waals surface area contributed by atoms with E-state index in [1.54, 1.807) is 6.92 Å². The molecular weight excluding hydrogens is 210 g/mol. The van der Waals surface area contributed by atoms with Gasteiger partial charge in [0.1, 0.15) is 0 Å². The number of nitrogens with zero attached hydrogens (tertiary/aromatic N) is 1. The molecule has 1 fully saturated rings. The smallest absolute Gasteiger partial charge is 0.0791 e. The van der Waals surface area contributed by atoms with Crippen LogP contribution in [0.3, 0.4) is 0 Å². The SMILES string of the molecule is C#CCN(CC1CC1)c1ccccc1[C@@H](C)O. The fourth-order valence-corrected chi connectivity index (χ4v) is 2.10. The zero-order valence-corrected chi connectivity index (χ0v) is 10.3. The average Bonchev–Trinajstić information content (AvgIpc) is 3.12. The first-order valence-corrected chi connectivity index (χ1v) is 6.17. The van der Waals surface area contributed by atoms with Crippen LogP contribution in [0, 0.1) is 18.3 Å². The second-order valence-electron chi connectivity index (χ2n) is 4.76. The van der Waals surface area contributed by atoms with Crippen LogP contribution in [-0.4, -0.2) is 18.2 Å². The van der Waals surface area contributed by atoms with Gasteiger partial charge in [-0.2, -0.15) is 0 Å². The third-order valence-electron chi connectivity index (χ3n) is 3.19. The maximum Gasteiger partial charge on any atom is 0.0791 e. The summed E-state index contributed by atoms with van der Waals surface area (Å²) in [6.45, 7) is 3.41.